The Morgan fingerprint density at radius 2 is 1.61 bits per heavy atom. The minimum absolute atomic E-state index is 0.0651. The molecule has 0 fully saturated rings. The molecule has 1 aliphatic heterocycles. The Morgan fingerprint density at radius 3 is 2.20 bits per heavy atom. The highest BCUT2D eigenvalue weighted by atomic mass is 35.5. The molecule has 4 aromatic carbocycles. The first-order valence-corrected chi connectivity index (χ1v) is 17.4. The van der Waals surface area contributed by atoms with Crippen molar-refractivity contribution in [1.29, 1.82) is 0 Å². The van der Waals surface area contributed by atoms with Crippen LogP contribution < -0.4 is 14.8 Å². The van der Waals surface area contributed by atoms with Crippen LogP contribution in [0.25, 0.3) is 6.08 Å². The summed E-state index contributed by atoms with van der Waals surface area (Å²) in [5, 5.41) is 3.40. The van der Waals surface area contributed by atoms with E-state index in [4.69, 9.17) is 21.1 Å². The van der Waals surface area contributed by atoms with Gasteiger partial charge in [-0.25, -0.2) is 0 Å². The van der Waals surface area contributed by atoms with Gasteiger partial charge in [-0.05, 0) is 53.5 Å². The molecule has 0 unspecified atom stereocenters. The van der Waals surface area contributed by atoms with Crippen LogP contribution in [0.3, 0.4) is 0 Å². The minimum Gasteiger partial charge on any atom is -0.493 e. The molecule has 0 aromatic heterocycles. The van der Waals surface area contributed by atoms with Crippen LogP contribution in [-0.4, -0.2) is 40.7 Å². The summed E-state index contributed by atoms with van der Waals surface area (Å²) < 4.78 is 11.5. The number of hydrogen-bond donors (Lipinski definition) is 1. The third-order valence-electron chi connectivity index (χ3n) is 7.70. The number of rotatable bonds is 13. The summed E-state index contributed by atoms with van der Waals surface area (Å²) in [6, 6.07) is 31.7. The Bertz CT molecular complexity index is 1970. The molecule has 3 amide bonds. The highest BCUT2D eigenvalue weighted by Gasteiger charge is 2.35. The summed E-state index contributed by atoms with van der Waals surface area (Å²) in [5.74, 6) is -1.13. The topological polar surface area (TPSA) is 97.3 Å². The zero-order valence-corrected chi connectivity index (χ0v) is 29.7. The molecule has 0 saturated carbocycles. The van der Waals surface area contributed by atoms with Gasteiger partial charge in [-0.1, -0.05) is 139 Å². The molecule has 0 saturated heterocycles. The van der Waals surface area contributed by atoms with E-state index < -0.39 is 17.9 Å². The van der Waals surface area contributed by atoms with E-state index in [9.17, 15) is 14.4 Å². The predicted octanol–water partition coefficient (Wildman–Crippen LogP) is 8.32. The lowest BCUT2D eigenvalue weighted by Gasteiger charge is -2.28. The number of nitrogens with one attached hydrogen (secondary N) is 1. The molecule has 1 heterocycles. The van der Waals surface area contributed by atoms with Crippen molar-refractivity contribution in [1.82, 2.24) is 10.2 Å². The second kappa shape index (κ2) is 17.8. The maximum atomic E-state index is 14.1. The number of carbonyl (C=O) groups is 3. The zero-order chi connectivity index (χ0) is 36.2. The van der Waals surface area contributed by atoms with E-state index in [2.05, 4.69) is 16.9 Å². The molecule has 0 aliphatic carbocycles. The molecule has 5 rings (SSSR count). The SMILES string of the molecule is C=C/C=C\C(=C/C)N1C(=O)/C(=C/c2cc(Cl)c(OCc3ccccc3)c(OC)c2)C(=O)N=C1SCC(=O)NC(c1ccccc1)c1ccccc1. The van der Waals surface area contributed by atoms with Crippen molar-refractivity contribution in [3.8, 4) is 11.5 Å². The normalized spacial score (nSPS) is 14.2. The van der Waals surface area contributed by atoms with Gasteiger partial charge in [0.15, 0.2) is 16.7 Å². The van der Waals surface area contributed by atoms with Crippen molar-refractivity contribution in [2.75, 3.05) is 12.9 Å². The standard InChI is InChI=1S/C41H36ClN3O5S/c1-4-6-22-32(5-2)45-40(48)33(23-29-24-34(42)38(35(25-29)49-3)50-26-28-16-10-7-11-17-28)39(47)44-41(45)51-27-36(46)43-37(30-18-12-8-13-19-30)31-20-14-9-15-21-31/h4-25,37H,1,26-27H2,2-3H3,(H,43,46)/b22-6-,32-5+,33-23+. The fourth-order valence-corrected chi connectivity index (χ4v) is 6.33. The van der Waals surface area contributed by atoms with Crippen LogP contribution in [0.4, 0.5) is 0 Å². The lowest BCUT2D eigenvalue weighted by molar-refractivity contribution is -0.126. The number of amidine groups is 1. The maximum absolute atomic E-state index is 14.1. The van der Waals surface area contributed by atoms with E-state index >= 15 is 0 Å². The third kappa shape index (κ3) is 9.33. The quantitative estimate of drug-likeness (QED) is 0.0849. The average Bonchev–Trinajstić information content (AvgIpc) is 3.16. The number of thioether (sulfide) groups is 1. The van der Waals surface area contributed by atoms with E-state index in [1.807, 2.05) is 91.0 Å². The highest BCUT2D eigenvalue weighted by molar-refractivity contribution is 8.14. The Labute approximate surface area is 306 Å². The van der Waals surface area contributed by atoms with Crippen LogP contribution in [0.1, 0.15) is 35.2 Å². The molecular weight excluding hydrogens is 682 g/mol. The van der Waals surface area contributed by atoms with Crippen molar-refractivity contribution in [2.24, 2.45) is 4.99 Å². The van der Waals surface area contributed by atoms with Crippen LogP contribution in [0, 0.1) is 0 Å². The van der Waals surface area contributed by atoms with E-state index in [0.29, 0.717) is 22.8 Å². The molecule has 0 spiro atoms. The molecule has 0 radical (unpaired) electrons. The Hall–Kier alpha value is -5.64. The van der Waals surface area contributed by atoms with Crippen LogP contribution in [0.5, 0.6) is 11.5 Å². The first kappa shape index (κ1) is 36.6. The van der Waals surface area contributed by atoms with Gasteiger partial charge in [0.1, 0.15) is 12.2 Å². The summed E-state index contributed by atoms with van der Waals surface area (Å²) in [6.07, 6.45) is 8.04. The second-order valence-corrected chi connectivity index (χ2v) is 12.5. The van der Waals surface area contributed by atoms with Crippen molar-refractivity contribution in [3.05, 3.63) is 173 Å². The van der Waals surface area contributed by atoms with E-state index in [1.54, 1.807) is 43.4 Å². The summed E-state index contributed by atoms with van der Waals surface area (Å²) in [4.78, 5) is 46.6. The molecule has 4 aromatic rings. The van der Waals surface area contributed by atoms with Gasteiger partial charge in [0.05, 0.1) is 23.9 Å². The van der Waals surface area contributed by atoms with Crippen molar-refractivity contribution in [3.63, 3.8) is 0 Å². The second-order valence-electron chi connectivity index (χ2n) is 11.1. The average molecular weight is 718 g/mol. The molecule has 10 heteroatoms. The molecular formula is C41H36ClN3O5S. The Morgan fingerprint density at radius 1 is 0.980 bits per heavy atom. The van der Waals surface area contributed by atoms with Crippen molar-refractivity contribution >= 4 is 52.3 Å². The van der Waals surface area contributed by atoms with E-state index in [-0.39, 0.29) is 34.0 Å². The van der Waals surface area contributed by atoms with Gasteiger partial charge in [0.25, 0.3) is 11.8 Å². The molecule has 51 heavy (non-hydrogen) atoms. The van der Waals surface area contributed by atoms with Crippen molar-refractivity contribution in [2.45, 2.75) is 19.6 Å². The predicted molar refractivity (Wildman–Crippen MR) is 204 cm³/mol. The van der Waals surface area contributed by atoms with E-state index in [1.165, 1.54) is 18.1 Å². The number of hydrogen-bond acceptors (Lipinski definition) is 6. The van der Waals surface area contributed by atoms with Crippen molar-refractivity contribution < 1.29 is 23.9 Å². The number of aliphatic imine (C=N–C) groups is 1. The fourth-order valence-electron chi connectivity index (χ4n) is 5.25. The number of carbonyl (C=O) groups excluding carboxylic acids is 3. The number of ether oxygens (including phenoxy) is 2. The number of methoxy groups -OCH3 is 1. The van der Waals surface area contributed by atoms with Crippen LogP contribution in [0.2, 0.25) is 5.02 Å². The van der Waals surface area contributed by atoms with E-state index in [0.717, 1.165) is 28.5 Å². The summed E-state index contributed by atoms with van der Waals surface area (Å²) >= 11 is 7.62. The summed E-state index contributed by atoms with van der Waals surface area (Å²) in [7, 11) is 1.48. The van der Waals surface area contributed by atoms with Gasteiger partial charge in [0.2, 0.25) is 5.91 Å². The van der Waals surface area contributed by atoms with Gasteiger partial charge >= 0.3 is 0 Å². The molecule has 1 N–H and O–H groups in total. The highest BCUT2D eigenvalue weighted by Crippen LogP contribution is 2.38. The summed E-state index contributed by atoms with van der Waals surface area (Å²) in [5.41, 5.74) is 3.45. The van der Waals surface area contributed by atoms with Gasteiger partial charge in [-0.3, -0.25) is 19.3 Å². The number of nitrogens with zero attached hydrogens (tertiary/aromatic N) is 2. The first-order valence-electron chi connectivity index (χ1n) is 16.0. The number of benzene rings is 4. The third-order valence-corrected chi connectivity index (χ3v) is 8.92. The lowest BCUT2D eigenvalue weighted by Crippen LogP contribution is -2.42. The molecule has 258 valence electrons. The first-order chi connectivity index (χ1) is 24.8. The van der Waals surface area contributed by atoms with Crippen LogP contribution >= 0.6 is 23.4 Å². The maximum Gasteiger partial charge on any atom is 0.285 e. The zero-order valence-electron chi connectivity index (χ0n) is 28.1. The van der Waals surface area contributed by atoms with Gasteiger partial charge < -0.3 is 14.8 Å². The largest absolute Gasteiger partial charge is 0.493 e. The minimum atomic E-state index is -0.756. The Balaban J connectivity index is 1.41. The monoisotopic (exact) mass is 717 g/mol. The fraction of sp³-hybridized carbons (Fsp3) is 0.122. The number of amides is 3. The number of halogens is 1. The van der Waals surface area contributed by atoms with Crippen LogP contribution in [-0.2, 0) is 21.0 Å². The molecule has 8 nitrogen and oxygen atoms in total. The molecule has 0 atom stereocenters. The summed E-state index contributed by atoms with van der Waals surface area (Å²) in [6.45, 7) is 5.75. The molecule has 0 bridgehead atoms. The molecule has 1 aliphatic rings. The van der Waals surface area contributed by atoms with Gasteiger partial charge in [-0.2, -0.15) is 4.99 Å². The van der Waals surface area contributed by atoms with Gasteiger partial charge in [-0.15, -0.1) is 0 Å². The lowest BCUT2D eigenvalue weighted by atomic mass is 9.99. The van der Waals surface area contributed by atoms with Gasteiger partial charge in [0, 0.05) is 5.70 Å². The smallest absolute Gasteiger partial charge is 0.285 e. The van der Waals surface area contributed by atoms with Crippen LogP contribution in [0.15, 0.2) is 150 Å². The Kier molecular flexibility index (Phi) is 12.8. The number of allylic oxidation sites excluding steroid dienone is 4.